The average molecular weight is 424 g/mol. The number of benzene rings is 1. The van der Waals surface area contributed by atoms with Crippen LogP contribution >= 0.6 is 15.9 Å². The number of nitrogens with one attached hydrogen (secondary N) is 1. The number of hydrogen-bond donors (Lipinski definition) is 1. The third kappa shape index (κ3) is 4.16. The van der Waals surface area contributed by atoms with Crippen LogP contribution in [0.1, 0.15) is 6.42 Å². The molecule has 134 valence electrons. The number of sulfonamides is 1. The third-order valence-corrected chi connectivity index (χ3v) is 6.36. The van der Waals surface area contributed by atoms with Crippen molar-refractivity contribution in [3.05, 3.63) is 60.5 Å². The van der Waals surface area contributed by atoms with E-state index in [1.165, 1.54) is 4.31 Å². The lowest BCUT2D eigenvalue weighted by Gasteiger charge is -2.29. The molecule has 0 radical (unpaired) electrons. The van der Waals surface area contributed by atoms with Crippen LogP contribution in [0.4, 0.5) is 5.69 Å². The molecule has 1 fully saturated rings. The highest BCUT2D eigenvalue weighted by atomic mass is 79.9. The van der Waals surface area contributed by atoms with E-state index < -0.39 is 10.0 Å². The summed E-state index contributed by atoms with van der Waals surface area (Å²) in [6.07, 6.45) is 9.75. The van der Waals surface area contributed by atoms with Gasteiger partial charge in [-0.15, -0.1) is 0 Å². The fourth-order valence-corrected chi connectivity index (χ4v) is 4.54. The molecule has 3 rings (SSSR count). The second-order valence-electron chi connectivity index (χ2n) is 5.86. The van der Waals surface area contributed by atoms with Crippen molar-refractivity contribution in [1.82, 2.24) is 9.62 Å². The van der Waals surface area contributed by atoms with Gasteiger partial charge < -0.3 is 10.2 Å². The summed E-state index contributed by atoms with van der Waals surface area (Å²) >= 11 is 3.32. The van der Waals surface area contributed by atoms with Crippen LogP contribution in [0, 0.1) is 0 Å². The summed E-state index contributed by atoms with van der Waals surface area (Å²) in [5, 5.41) is 4.06. The molecule has 0 amide bonds. The molecule has 1 aromatic rings. The van der Waals surface area contributed by atoms with Crippen LogP contribution in [0.3, 0.4) is 0 Å². The smallest absolute Gasteiger partial charge is 0.267 e. The molecule has 0 saturated carbocycles. The summed E-state index contributed by atoms with van der Waals surface area (Å²) in [4.78, 5) is 2.58. The van der Waals surface area contributed by atoms with Crippen molar-refractivity contribution < 1.29 is 8.42 Å². The predicted octanol–water partition coefficient (Wildman–Crippen LogP) is 2.84. The van der Waals surface area contributed by atoms with Crippen molar-refractivity contribution in [3.63, 3.8) is 0 Å². The molecule has 2 aliphatic heterocycles. The molecule has 0 atom stereocenters. The van der Waals surface area contributed by atoms with Gasteiger partial charge in [0, 0.05) is 55.5 Å². The first-order valence-corrected chi connectivity index (χ1v) is 10.9. The molecule has 1 aromatic carbocycles. The number of rotatable bonds is 5. The quantitative estimate of drug-likeness (QED) is 0.739. The van der Waals surface area contributed by atoms with Gasteiger partial charge in [0.25, 0.3) is 10.0 Å². The van der Waals surface area contributed by atoms with Gasteiger partial charge in [-0.3, -0.25) is 0 Å². The van der Waals surface area contributed by atoms with Crippen molar-refractivity contribution in [2.75, 3.05) is 36.4 Å². The van der Waals surface area contributed by atoms with Crippen LogP contribution in [0.15, 0.2) is 65.4 Å². The first-order chi connectivity index (χ1) is 12.1. The molecule has 0 aromatic heterocycles. The molecule has 0 bridgehead atoms. The normalized spacial score (nSPS) is 20.1. The van der Waals surface area contributed by atoms with Gasteiger partial charge in [0.1, 0.15) is 0 Å². The van der Waals surface area contributed by atoms with Gasteiger partial charge in [-0.25, -0.2) is 12.7 Å². The van der Waals surface area contributed by atoms with Gasteiger partial charge in [-0.05, 0) is 30.3 Å². The average Bonchev–Trinajstić information content (AvgIpc) is 3.12. The van der Waals surface area contributed by atoms with Crippen LogP contribution in [0.2, 0.25) is 0 Å². The SMILES string of the molecule is O=S(=O)(c1ccc(N2CCNCC2)cc1)N1C=CC/C1=C\C=C/CBr. The van der Waals surface area contributed by atoms with E-state index in [2.05, 4.69) is 26.1 Å². The molecule has 2 heterocycles. The monoisotopic (exact) mass is 423 g/mol. The molecule has 25 heavy (non-hydrogen) atoms. The topological polar surface area (TPSA) is 52.7 Å². The molecule has 1 N–H and O–H groups in total. The largest absolute Gasteiger partial charge is 0.369 e. The molecule has 0 unspecified atom stereocenters. The Hall–Kier alpha value is -1.57. The second kappa shape index (κ2) is 8.21. The zero-order chi connectivity index (χ0) is 17.7. The van der Waals surface area contributed by atoms with Crippen LogP contribution in [0.25, 0.3) is 0 Å². The Balaban J connectivity index is 1.80. The molecular formula is C18H22BrN3O2S. The van der Waals surface area contributed by atoms with Gasteiger partial charge in [0.05, 0.1) is 4.90 Å². The highest BCUT2D eigenvalue weighted by Crippen LogP contribution is 2.28. The maximum atomic E-state index is 12.9. The van der Waals surface area contributed by atoms with E-state index in [0.717, 1.165) is 42.9 Å². The lowest BCUT2D eigenvalue weighted by atomic mass is 10.2. The van der Waals surface area contributed by atoms with Gasteiger partial charge in [-0.1, -0.05) is 34.2 Å². The molecule has 1 saturated heterocycles. The molecule has 0 spiro atoms. The second-order valence-corrected chi connectivity index (χ2v) is 8.32. The lowest BCUT2D eigenvalue weighted by molar-refractivity contribution is 0.545. The fourth-order valence-electron chi connectivity index (χ4n) is 2.93. The summed E-state index contributed by atoms with van der Waals surface area (Å²) in [6.45, 7) is 3.78. The summed E-state index contributed by atoms with van der Waals surface area (Å²) in [7, 11) is -3.57. The number of allylic oxidation sites excluding steroid dienone is 4. The Kier molecular flexibility index (Phi) is 5.98. The number of nitrogens with zero attached hydrogens (tertiary/aromatic N) is 2. The number of hydrogen-bond acceptors (Lipinski definition) is 4. The number of alkyl halides is 1. The maximum Gasteiger partial charge on any atom is 0.267 e. The highest BCUT2D eigenvalue weighted by molar-refractivity contribution is 9.09. The zero-order valence-electron chi connectivity index (χ0n) is 13.9. The first kappa shape index (κ1) is 18.2. The highest BCUT2D eigenvalue weighted by Gasteiger charge is 2.27. The minimum absolute atomic E-state index is 0.313. The van der Waals surface area contributed by atoms with E-state index in [-0.39, 0.29) is 0 Å². The van der Waals surface area contributed by atoms with Crippen LogP contribution < -0.4 is 10.2 Å². The van der Waals surface area contributed by atoms with E-state index in [1.807, 2.05) is 36.4 Å². The summed E-state index contributed by atoms with van der Waals surface area (Å²) in [5.41, 5.74) is 1.82. The maximum absolute atomic E-state index is 12.9. The number of anilines is 1. The van der Waals surface area contributed by atoms with Crippen LogP contribution in [0.5, 0.6) is 0 Å². The minimum Gasteiger partial charge on any atom is -0.369 e. The number of halogens is 1. The number of piperazine rings is 1. The van der Waals surface area contributed by atoms with Crippen molar-refractivity contribution in [2.24, 2.45) is 0 Å². The third-order valence-electron chi connectivity index (χ3n) is 4.24. The van der Waals surface area contributed by atoms with Crippen molar-refractivity contribution in [1.29, 1.82) is 0 Å². The summed E-state index contributed by atoms with van der Waals surface area (Å²) < 4.78 is 27.3. The van der Waals surface area contributed by atoms with Gasteiger partial charge in [0.15, 0.2) is 0 Å². The Morgan fingerprint density at radius 1 is 1.16 bits per heavy atom. The standard InChI is InChI=1S/C18H22BrN3O2S/c19-10-2-1-4-17-5-3-13-22(17)25(23,24)18-8-6-16(7-9-18)21-14-11-20-12-15-21/h1-4,6-9,13,20H,5,10-12,14-15H2/b2-1-,17-4+. The van der Waals surface area contributed by atoms with E-state index in [4.69, 9.17) is 0 Å². The van der Waals surface area contributed by atoms with Crippen molar-refractivity contribution in [2.45, 2.75) is 11.3 Å². The van der Waals surface area contributed by atoms with E-state index >= 15 is 0 Å². The minimum atomic E-state index is -3.57. The van der Waals surface area contributed by atoms with Crippen molar-refractivity contribution in [3.8, 4) is 0 Å². The van der Waals surface area contributed by atoms with Gasteiger partial charge in [0.2, 0.25) is 0 Å². The predicted molar refractivity (Wildman–Crippen MR) is 105 cm³/mol. The Labute approximate surface area is 157 Å². The molecule has 7 heteroatoms. The summed E-state index contributed by atoms with van der Waals surface area (Å²) in [6, 6.07) is 7.19. The van der Waals surface area contributed by atoms with E-state index in [1.54, 1.807) is 18.3 Å². The van der Waals surface area contributed by atoms with Crippen LogP contribution in [-0.4, -0.2) is 44.2 Å². The fraction of sp³-hybridized carbons (Fsp3) is 0.333. The molecule has 2 aliphatic rings. The van der Waals surface area contributed by atoms with E-state index in [0.29, 0.717) is 11.3 Å². The lowest BCUT2D eigenvalue weighted by Crippen LogP contribution is -2.43. The molecular weight excluding hydrogens is 402 g/mol. The van der Waals surface area contributed by atoms with Gasteiger partial charge >= 0.3 is 0 Å². The van der Waals surface area contributed by atoms with Gasteiger partial charge in [-0.2, -0.15) is 0 Å². The summed E-state index contributed by atoms with van der Waals surface area (Å²) in [5.74, 6) is 0. The van der Waals surface area contributed by atoms with E-state index in [9.17, 15) is 8.42 Å². The van der Waals surface area contributed by atoms with Crippen molar-refractivity contribution >= 4 is 31.6 Å². The Morgan fingerprint density at radius 3 is 2.56 bits per heavy atom. The Bertz CT molecular complexity index is 779. The molecule has 5 nitrogen and oxygen atoms in total. The Morgan fingerprint density at radius 2 is 1.88 bits per heavy atom. The molecule has 0 aliphatic carbocycles. The van der Waals surface area contributed by atoms with Crippen LogP contribution in [-0.2, 0) is 10.0 Å². The zero-order valence-corrected chi connectivity index (χ0v) is 16.3. The first-order valence-electron chi connectivity index (χ1n) is 8.31.